The van der Waals surface area contributed by atoms with E-state index < -0.39 is 79.3 Å². The molecular formula is C20H30O12S6. The standard InChI is InChI=1S/C20H30O12S6/c1-7(21)27-13(33)19(14(34)28-8(2)22,15(35)29-9(3)23)20(16(36)30-10(4)24,17(37)31-11(5)25)18(38)32-12(6)26/h13-18,33-38H,1-6H3. The summed E-state index contributed by atoms with van der Waals surface area (Å²) in [6.45, 7) is 5.96. The van der Waals surface area contributed by atoms with Gasteiger partial charge in [0.1, 0.15) is 10.8 Å². The average molecular weight is 655 g/mol. The van der Waals surface area contributed by atoms with Gasteiger partial charge in [0.05, 0.1) is 0 Å². The fourth-order valence-electron chi connectivity index (χ4n) is 3.54. The molecule has 0 heterocycles. The number of hydrogen-bond donors (Lipinski definition) is 6. The molecule has 0 amide bonds. The third-order valence-electron chi connectivity index (χ3n) is 4.87. The van der Waals surface area contributed by atoms with Crippen LogP contribution in [0.25, 0.3) is 0 Å². The van der Waals surface area contributed by atoms with Crippen molar-refractivity contribution in [1.29, 1.82) is 0 Å². The molecule has 0 rings (SSSR count). The van der Waals surface area contributed by atoms with E-state index in [0.717, 1.165) is 41.5 Å². The predicted octanol–water partition coefficient (Wildman–Crippen LogP) is 1.87. The second-order valence-electron chi connectivity index (χ2n) is 7.64. The molecular weight excluding hydrogens is 625 g/mol. The largest absolute Gasteiger partial charge is 0.451 e. The van der Waals surface area contributed by atoms with E-state index in [2.05, 4.69) is 75.8 Å². The molecule has 0 aromatic rings. The van der Waals surface area contributed by atoms with E-state index in [9.17, 15) is 28.8 Å². The second kappa shape index (κ2) is 15.6. The van der Waals surface area contributed by atoms with Crippen molar-refractivity contribution < 1.29 is 57.2 Å². The minimum absolute atomic E-state index is 0.954. The van der Waals surface area contributed by atoms with Crippen LogP contribution in [0.2, 0.25) is 0 Å². The summed E-state index contributed by atoms with van der Waals surface area (Å²) in [5.41, 5.74) is -16.2. The lowest BCUT2D eigenvalue weighted by Crippen LogP contribution is -2.72. The van der Waals surface area contributed by atoms with Gasteiger partial charge in [-0.2, -0.15) is 0 Å². The van der Waals surface area contributed by atoms with Gasteiger partial charge in [-0.1, -0.05) is 0 Å². The quantitative estimate of drug-likeness (QED) is 0.0743. The number of carbonyl (C=O) groups is 6. The Bertz CT molecular complexity index is 733. The molecule has 6 atom stereocenters. The number of thiol groups is 6. The summed E-state index contributed by atoms with van der Waals surface area (Å²) in [7, 11) is 0. The molecule has 0 aliphatic rings. The number of carbonyl (C=O) groups excluding carboxylic acids is 6. The minimum Gasteiger partial charge on any atom is -0.451 e. The highest BCUT2D eigenvalue weighted by Crippen LogP contribution is 2.63. The zero-order valence-corrected chi connectivity index (χ0v) is 26.4. The first-order valence-corrected chi connectivity index (χ1v) is 13.5. The molecule has 0 radical (unpaired) electrons. The molecule has 0 spiro atoms. The fourth-order valence-corrected chi connectivity index (χ4v) is 8.11. The van der Waals surface area contributed by atoms with Crippen LogP contribution < -0.4 is 0 Å². The van der Waals surface area contributed by atoms with Gasteiger partial charge in [0.25, 0.3) is 0 Å². The van der Waals surface area contributed by atoms with Gasteiger partial charge < -0.3 is 28.4 Å². The van der Waals surface area contributed by atoms with Crippen molar-refractivity contribution in [2.75, 3.05) is 0 Å². The highest BCUT2D eigenvalue weighted by molar-refractivity contribution is 7.83. The molecule has 0 N–H and O–H groups in total. The SMILES string of the molecule is CC(=O)OC(S)C(C(S)OC(C)=O)(C(S)OC(C)=O)C(C(S)OC(C)=O)(C(S)OC(C)=O)C(S)OC(C)=O. The van der Waals surface area contributed by atoms with Crippen molar-refractivity contribution in [1.82, 2.24) is 0 Å². The molecule has 0 fully saturated rings. The van der Waals surface area contributed by atoms with Gasteiger partial charge in [-0.05, 0) is 0 Å². The molecule has 218 valence electrons. The maximum absolute atomic E-state index is 12.1. The zero-order valence-electron chi connectivity index (χ0n) is 21.0. The Morgan fingerprint density at radius 3 is 0.553 bits per heavy atom. The van der Waals surface area contributed by atoms with Crippen LogP contribution in [0.3, 0.4) is 0 Å². The van der Waals surface area contributed by atoms with E-state index >= 15 is 0 Å². The van der Waals surface area contributed by atoms with Crippen LogP contribution in [0.5, 0.6) is 0 Å². The van der Waals surface area contributed by atoms with Crippen LogP contribution in [-0.2, 0) is 57.2 Å². The summed E-state index contributed by atoms with van der Waals surface area (Å²) < 4.78 is 31.9. The third-order valence-corrected chi connectivity index (χ3v) is 8.06. The molecule has 0 aliphatic carbocycles. The maximum atomic E-state index is 12.1. The van der Waals surface area contributed by atoms with Crippen LogP contribution in [0.15, 0.2) is 0 Å². The topological polar surface area (TPSA) is 158 Å². The number of hydrogen-bond acceptors (Lipinski definition) is 18. The van der Waals surface area contributed by atoms with E-state index in [-0.39, 0.29) is 0 Å². The van der Waals surface area contributed by atoms with Crippen LogP contribution >= 0.6 is 75.8 Å². The number of ether oxygens (including phenoxy) is 6. The lowest BCUT2D eigenvalue weighted by atomic mass is 9.63. The first-order valence-electron chi connectivity index (χ1n) is 10.4. The highest BCUT2D eigenvalue weighted by Gasteiger charge is 2.76. The molecule has 0 saturated carbocycles. The molecule has 6 unspecified atom stereocenters. The van der Waals surface area contributed by atoms with Crippen LogP contribution in [-0.4, -0.2) is 68.4 Å². The van der Waals surface area contributed by atoms with E-state index in [1.54, 1.807) is 0 Å². The van der Waals surface area contributed by atoms with Crippen molar-refractivity contribution in [3.8, 4) is 0 Å². The molecule has 0 aromatic heterocycles. The Morgan fingerprint density at radius 1 is 0.368 bits per heavy atom. The summed E-state index contributed by atoms with van der Waals surface area (Å²) in [6.07, 6.45) is 0. The number of rotatable bonds is 13. The first-order chi connectivity index (χ1) is 17.3. The predicted molar refractivity (Wildman–Crippen MR) is 152 cm³/mol. The Hall–Kier alpha value is -1.08. The molecule has 0 bridgehead atoms. The summed E-state index contributed by atoms with van der Waals surface area (Å²) in [6, 6.07) is 0. The molecule has 18 heteroatoms. The highest BCUT2D eigenvalue weighted by atomic mass is 32.1. The monoisotopic (exact) mass is 654 g/mol. The van der Waals surface area contributed by atoms with Crippen LogP contribution in [0.4, 0.5) is 0 Å². The molecule has 0 saturated heterocycles. The van der Waals surface area contributed by atoms with Crippen molar-refractivity contribution in [3.63, 3.8) is 0 Å². The van der Waals surface area contributed by atoms with Crippen molar-refractivity contribution in [2.45, 2.75) is 74.2 Å². The first kappa shape index (κ1) is 36.9. The minimum atomic E-state index is -2.49. The van der Waals surface area contributed by atoms with Crippen molar-refractivity contribution >= 4 is 112 Å². The van der Waals surface area contributed by atoms with Gasteiger partial charge in [0.2, 0.25) is 0 Å². The van der Waals surface area contributed by atoms with Crippen molar-refractivity contribution in [3.05, 3.63) is 0 Å². The Kier molecular flexibility index (Phi) is 15.2. The molecule has 12 nitrogen and oxygen atoms in total. The molecule has 0 aromatic carbocycles. The zero-order chi connectivity index (χ0) is 30.2. The Balaban J connectivity index is 8.30. The molecule has 0 aliphatic heterocycles. The summed E-state index contributed by atoms with van der Waals surface area (Å²) >= 11 is 26.3. The van der Waals surface area contributed by atoms with Gasteiger partial charge in [0, 0.05) is 41.5 Å². The van der Waals surface area contributed by atoms with E-state index in [1.807, 2.05) is 0 Å². The normalized spacial score (nSPS) is 18.9. The average Bonchev–Trinajstić information content (AvgIpc) is 2.67. The van der Waals surface area contributed by atoms with Gasteiger partial charge in [-0.15, -0.1) is 75.8 Å². The van der Waals surface area contributed by atoms with E-state index in [4.69, 9.17) is 28.4 Å². The van der Waals surface area contributed by atoms with E-state index in [1.165, 1.54) is 0 Å². The third kappa shape index (κ3) is 8.71. The van der Waals surface area contributed by atoms with Gasteiger partial charge in [-0.3, -0.25) is 28.8 Å². The summed E-state index contributed by atoms with van der Waals surface area (Å²) in [5, 5.41) is 0. The van der Waals surface area contributed by atoms with Crippen molar-refractivity contribution in [2.24, 2.45) is 10.8 Å². The van der Waals surface area contributed by atoms with Gasteiger partial charge in [-0.25, -0.2) is 0 Å². The lowest BCUT2D eigenvalue weighted by molar-refractivity contribution is -0.235. The fraction of sp³-hybridized carbons (Fsp3) is 0.700. The smallest absolute Gasteiger partial charge is 0.303 e. The second-order valence-corrected chi connectivity index (χ2v) is 10.5. The van der Waals surface area contributed by atoms with Gasteiger partial charge in [0.15, 0.2) is 32.6 Å². The Labute approximate surface area is 252 Å². The van der Waals surface area contributed by atoms with Crippen LogP contribution in [0, 0.1) is 10.8 Å². The van der Waals surface area contributed by atoms with Crippen LogP contribution in [0.1, 0.15) is 41.5 Å². The number of esters is 6. The summed E-state index contributed by atoms with van der Waals surface area (Å²) in [4.78, 5) is 72.7. The summed E-state index contributed by atoms with van der Waals surface area (Å²) in [5.74, 6) is -5.72. The lowest BCUT2D eigenvalue weighted by Gasteiger charge is -2.58. The maximum Gasteiger partial charge on any atom is 0.303 e. The van der Waals surface area contributed by atoms with Gasteiger partial charge >= 0.3 is 35.8 Å². The Morgan fingerprint density at radius 2 is 0.474 bits per heavy atom. The van der Waals surface area contributed by atoms with E-state index in [0.29, 0.717) is 0 Å². The molecule has 38 heavy (non-hydrogen) atoms.